The summed E-state index contributed by atoms with van der Waals surface area (Å²) in [6.45, 7) is 0. The second-order valence-corrected chi connectivity index (χ2v) is 6.98. The van der Waals surface area contributed by atoms with Gasteiger partial charge in [-0.1, -0.05) is 12.1 Å². The van der Waals surface area contributed by atoms with Gasteiger partial charge in [-0.3, -0.25) is 4.98 Å². The highest BCUT2D eigenvalue weighted by Crippen LogP contribution is 2.38. The fourth-order valence-corrected chi connectivity index (χ4v) is 4.38. The zero-order valence-corrected chi connectivity index (χ0v) is 14.1. The van der Waals surface area contributed by atoms with E-state index in [4.69, 9.17) is 0 Å². The molecule has 118 valence electrons. The molecule has 0 bridgehead atoms. The summed E-state index contributed by atoms with van der Waals surface area (Å²) in [6, 6.07) is 10.5. The molecule has 0 aliphatic heterocycles. The number of nitrogens with zero attached hydrogens (tertiary/aromatic N) is 3. The Morgan fingerprint density at radius 1 is 1.00 bits per heavy atom. The lowest BCUT2D eigenvalue weighted by Crippen LogP contribution is -1.88. The summed E-state index contributed by atoms with van der Waals surface area (Å²) in [6.07, 6.45) is 5.18. The maximum absolute atomic E-state index is 13.2. The third-order valence-electron chi connectivity index (χ3n) is 3.62. The maximum Gasteiger partial charge on any atom is 0.128 e. The predicted octanol–water partition coefficient (Wildman–Crippen LogP) is 5.18. The van der Waals surface area contributed by atoms with Crippen molar-refractivity contribution in [1.82, 2.24) is 15.0 Å². The molecule has 0 spiro atoms. The van der Waals surface area contributed by atoms with Gasteiger partial charge in [0.2, 0.25) is 0 Å². The SMILES string of the molecule is Fc1ccc(-c2csc3ncnc(SCc4ccncc4)c23)cc1. The topological polar surface area (TPSA) is 38.7 Å². The number of benzene rings is 1. The minimum atomic E-state index is -0.234. The van der Waals surface area contributed by atoms with Crippen molar-refractivity contribution in [2.24, 2.45) is 0 Å². The molecule has 3 heterocycles. The molecule has 6 heteroatoms. The summed E-state index contributed by atoms with van der Waals surface area (Å²) >= 11 is 3.25. The highest BCUT2D eigenvalue weighted by atomic mass is 32.2. The monoisotopic (exact) mass is 353 g/mol. The first-order chi connectivity index (χ1) is 11.8. The van der Waals surface area contributed by atoms with Gasteiger partial charge in [0.05, 0.1) is 5.39 Å². The molecule has 0 aliphatic rings. The van der Waals surface area contributed by atoms with Crippen LogP contribution in [0.5, 0.6) is 0 Å². The van der Waals surface area contributed by atoms with E-state index in [0.29, 0.717) is 0 Å². The minimum Gasteiger partial charge on any atom is -0.265 e. The van der Waals surface area contributed by atoms with Crippen LogP contribution in [-0.2, 0) is 5.75 Å². The summed E-state index contributed by atoms with van der Waals surface area (Å²) in [5, 5.41) is 4.04. The number of hydrogen-bond acceptors (Lipinski definition) is 5. The number of fused-ring (bicyclic) bond motifs is 1. The molecule has 24 heavy (non-hydrogen) atoms. The normalized spacial score (nSPS) is 11.0. The Morgan fingerprint density at radius 2 is 1.79 bits per heavy atom. The Bertz CT molecular complexity index is 969. The fraction of sp³-hybridized carbons (Fsp3) is 0.0556. The van der Waals surface area contributed by atoms with Gasteiger partial charge in [-0.05, 0) is 35.4 Å². The van der Waals surface area contributed by atoms with Crippen LogP contribution in [0.25, 0.3) is 21.3 Å². The van der Waals surface area contributed by atoms with E-state index >= 15 is 0 Å². The van der Waals surface area contributed by atoms with E-state index in [1.54, 1.807) is 54.0 Å². The van der Waals surface area contributed by atoms with Gasteiger partial charge in [0.25, 0.3) is 0 Å². The molecule has 0 saturated heterocycles. The lowest BCUT2D eigenvalue weighted by molar-refractivity contribution is 0.628. The quantitative estimate of drug-likeness (QED) is 0.374. The Morgan fingerprint density at radius 3 is 2.58 bits per heavy atom. The van der Waals surface area contributed by atoms with Crippen LogP contribution in [0.4, 0.5) is 4.39 Å². The van der Waals surface area contributed by atoms with E-state index in [9.17, 15) is 4.39 Å². The van der Waals surface area contributed by atoms with Crippen molar-refractivity contribution in [3.63, 3.8) is 0 Å². The van der Waals surface area contributed by atoms with Crippen LogP contribution in [0, 0.1) is 5.82 Å². The lowest BCUT2D eigenvalue weighted by Gasteiger charge is -2.05. The smallest absolute Gasteiger partial charge is 0.128 e. The van der Waals surface area contributed by atoms with E-state index in [1.165, 1.54) is 17.7 Å². The first kappa shape index (κ1) is 15.2. The molecular weight excluding hydrogens is 341 g/mol. The van der Waals surface area contributed by atoms with E-state index in [0.717, 1.165) is 32.1 Å². The Balaban J connectivity index is 1.73. The maximum atomic E-state index is 13.2. The summed E-state index contributed by atoms with van der Waals surface area (Å²) < 4.78 is 13.2. The molecule has 0 radical (unpaired) electrons. The van der Waals surface area contributed by atoms with Gasteiger partial charge in [0, 0.05) is 29.1 Å². The average molecular weight is 353 g/mol. The molecule has 4 rings (SSSR count). The van der Waals surface area contributed by atoms with Crippen molar-refractivity contribution in [3.8, 4) is 11.1 Å². The molecule has 3 nitrogen and oxygen atoms in total. The average Bonchev–Trinajstić information content (AvgIpc) is 3.06. The van der Waals surface area contributed by atoms with Gasteiger partial charge in [0.1, 0.15) is 22.0 Å². The van der Waals surface area contributed by atoms with Crippen molar-refractivity contribution in [2.45, 2.75) is 10.8 Å². The van der Waals surface area contributed by atoms with Crippen LogP contribution < -0.4 is 0 Å². The van der Waals surface area contributed by atoms with Crippen LogP contribution in [-0.4, -0.2) is 15.0 Å². The molecule has 3 aromatic heterocycles. The number of hydrogen-bond donors (Lipinski definition) is 0. The van der Waals surface area contributed by atoms with Crippen LogP contribution in [0.1, 0.15) is 5.56 Å². The number of halogens is 1. The van der Waals surface area contributed by atoms with Crippen molar-refractivity contribution >= 4 is 33.3 Å². The van der Waals surface area contributed by atoms with Crippen LogP contribution in [0.3, 0.4) is 0 Å². The van der Waals surface area contributed by atoms with Crippen LogP contribution in [0.15, 0.2) is 65.5 Å². The molecule has 0 aliphatic carbocycles. The van der Waals surface area contributed by atoms with Crippen molar-refractivity contribution in [2.75, 3.05) is 0 Å². The van der Waals surface area contributed by atoms with Crippen LogP contribution in [0.2, 0.25) is 0 Å². The van der Waals surface area contributed by atoms with Gasteiger partial charge in [-0.25, -0.2) is 14.4 Å². The number of thioether (sulfide) groups is 1. The molecule has 4 aromatic rings. The summed E-state index contributed by atoms with van der Waals surface area (Å²) in [5.74, 6) is 0.578. The number of pyridine rings is 1. The summed E-state index contributed by atoms with van der Waals surface area (Å²) in [4.78, 5) is 13.8. The second kappa shape index (κ2) is 6.67. The third-order valence-corrected chi connectivity index (χ3v) is 5.56. The Kier molecular flexibility index (Phi) is 4.23. The highest BCUT2D eigenvalue weighted by Gasteiger charge is 2.13. The minimum absolute atomic E-state index is 0.234. The lowest BCUT2D eigenvalue weighted by atomic mass is 10.1. The van der Waals surface area contributed by atoms with E-state index < -0.39 is 0 Å². The second-order valence-electron chi connectivity index (χ2n) is 5.16. The largest absolute Gasteiger partial charge is 0.265 e. The van der Waals surface area contributed by atoms with E-state index in [2.05, 4.69) is 20.3 Å². The van der Waals surface area contributed by atoms with Gasteiger partial charge < -0.3 is 0 Å². The molecular formula is C18H12FN3S2. The highest BCUT2D eigenvalue weighted by molar-refractivity contribution is 7.98. The summed E-state index contributed by atoms with van der Waals surface area (Å²) in [5.41, 5.74) is 3.22. The molecule has 0 fully saturated rings. The van der Waals surface area contributed by atoms with Gasteiger partial charge in [-0.2, -0.15) is 0 Å². The Labute approximate surface area is 146 Å². The van der Waals surface area contributed by atoms with Crippen molar-refractivity contribution in [3.05, 3.63) is 71.9 Å². The van der Waals surface area contributed by atoms with E-state index in [-0.39, 0.29) is 5.82 Å². The molecule has 0 amide bonds. The first-order valence-electron chi connectivity index (χ1n) is 7.31. The molecule has 0 unspecified atom stereocenters. The van der Waals surface area contributed by atoms with Crippen molar-refractivity contribution in [1.29, 1.82) is 0 Å². The number of rotatable bonds is 4. The Hall–Kier alpha value is -2.31. The zero-order chi connectivity index (χ0) is 16.4. The van der Waals surface area contributed by atoms with Gasteiger partial charge in [-0.15, -0.1) is 23.1 Å². The fourth-order valence-electron chi connectivity index (χ4n) is 2.43. The zero-order valence-electron chi connectivity index (χ0n) is 12.5. The molecule has 1 aromatic carbocycles. The predicted molar refractivity (Wildman–Crippen MR) is 96.6 cm³/mol. The first-order valence-corrected chi connectivity index (χ1v) is 9.17. The molecule has 0 N–H and O–H groups in total. The number of thiophene rings is 1. The molecule has 0 saturated carbocycles. The van der Waals surface area contributed by atoms with Crippen molar-refractivity contribution < 1.29 is 4.39 Å². The molecule has 0 atom stereocenters. The van der Waals surface area contributed by atoms with Crippen LogP contribution >= 0.6 is 23.1 Å². The number of aromatic nitrogens is 3. The third kappa shape index (κ3) is 3.02. The standard InChI is InChI=1S/C18H12FN3S2/c19-14-3-1-13(2-4-14)15-10-24-18-16(15)17(21-11-22-18)23-9-12-5-7-20-8-6-12/h1-8,10-11H,9H2. The van der Waals surface area contributed by atoms with Gasteiger partial charge >= 0.3 is 0 Å². The van der Waals surface area contributed by atoms with Gasteiger partial charge in [0.15, 0.2) is 0 Å². The van der Waals surface area contributed by atoms with E-state index in [1.807, 2.05) is 12.1 Å². The summed E-state index contributed by atoms with van der Waals surface area (Å²) in [7, 11) is 0.